The second kappa shape index (κ2) is 7.14. The monoisotopic (exact) mass is 367 g/mol. The fourth-order valence-electron chi connectivity index (χ4n) is 3.25. The molecule has 0 aliphatic carbocycles. The zero-order valence-corrected chi connectivity index (χ0v) is 15.3. The molecule has 0 radical (unpaired) electrons. The molecule has 1 aliphatic heterocycles. The predicted molar refractivity (Wildman–Crippen MR) is 97.9 cm³/mol. The lowest BCUT2D eigenvalue weighted by Gasteiger charge is -2.31. The highest BCUT2D eigenvalue weighted by molar-refractivity contribution is 5.90. The molecular weight excluding hydrogens is 346 g/mol. The minimum Gasteiger partial charge on any atom is -0.324 e. The molecule has 1 aromatic carbocycles. The standard InChI is InChI=1S/C17H21N9O/c1-11-18-15(21-20-11)13-6-4-8-26(10-13)17(27)19-14-7-3-5-12(9-14)16-22-24-25(2)23-16/h3,5,7,9,13H,4,6,8,10H2,1-2H3,(H,19,27)(H,18,20,21)/t13-/m1/s1. The van der Waals surface area contributed by atoms with Crippen LogP contribution in [0.3, 0.4) is 0 Å². The Bertz CT molecular complexity index is 947. The van der Waals surface area contributed by atoms with Crippen LogP contribution in [0.1, 0.15) is 30.4 Å². The maximum atomic E-state index is 12.7. The average molecular weight is 367 g/mol. The fraction of sp³-hybridized carbons (Fsp3) is 0.412. The molecule has 27 heavy (non-hydrogen) atoms. The maximum Gasteiger partial charge on any atom is 0.321 e. The number of hydrogen-bond donors (Lipinski definition) is 2. The molecule has 2 N–H and O–H groups in total. The highest BCUT2D eigenvalue weighted by Gasteiger charge is 2.27. The van der Waals surface area contributed by atoms with Crippen LogP contribution in [-0.2, 0) is 7.05 Å². The van der Waals surface area contributed by atoms with Crippen molar-refractivity contribution in [2.24, 2.45) is 7.05 Å². The van der Waals surface area contributed by atoms with E-state index in [0.29, 0.717) is 18.1 Å². The third-order valence-electron chi connectivity index (χ3n) is 4.57. The van der Waals surface area contributed by atoms with Crippen molar-refractivity contribution in [1.29, 1.82) is 0 Å². The molecule has 1 fully saturated rings. The number of nitrogens with one attached hydrogen (secondary N) is 2. The van der Waals surface area contributed by atoms with E-state index in [1.165, 1.54) is 4.80 Å². The number of nitrogens with zero attached hydrogens (tertiary/aromatic N) is 7. The van der Waals surface area contributed by atoms with Gasteiger partial charge in [0.1, 0.15) is 5.82 Å². The Morgan fingerprint density at radius 2 is 2.26 bits per heavy atom. The van der Waals surface area contributed by atoms with Gasteiger partial charge in [0.25, 0.3) is 0 Å². The molecule has 0 unspecified atom stereocenters. The topological polar surface area (TPSA) is 118 Å². The molecule has 2 aromatic heterocycles. The summed E-state index contributed by atoms with van der Waals surface area (Å²) in [6, 6.07) is 7.30. The lowest BCUT2D eigenvalue weighted by molar-refractivity contribution is 0.191. The Labute approximate surface area is 156 Å². The van der Waals surface area contributed by atoms with Crippen molar-refractivity contribution in [3.63, 3.8) is 0 Å². The van der Waals surface area contributed by atoms with Crippen molar-refractivity contribution in [2.75, 3.05) is 18.4 Å². The number of tetrazole rings is 1. The lowest BCUT2D eigenvalue weighted by Crippen LogP contribution is -2.41. The Morgan fingerprint density at radius 1 is 1.37 bits per heavy atom. The Kier molecular flexibility index (Phi) is 4.53. The van der Waals surface area contributed by atoms with Crippen LogP contribution in [0.5, 0.6) is 0 Å². The molecule has 1 saturated heterocycles. The molecule has 0 spiro atoms. The number of H-pyrrole nitrogens is 1. The normalized spacial score (nSPS) is 17.1. The first kappa shape index (κ1) is 17.1. The summed E-state index contributed by atoms with van der Waals surface area (Å²) in [5, 5.41) is 22.1. The molecular formula is C17H21N9O. The first-order valence-corrected chi connectivity index (χ1v) is 8.88. The number of aryl methyl sites for hydroxylation is 2. The summed E-state index contributed by atoms with van der Waals surface area (Å²) in [6.45, 7) is 3.20. The lowest BCUT2D eigenvalue weighted by atomic mass is 9.97. The van der Waals surface area contributed by atoms with Gasteiger partial charge in [-0.05, 0) is 37.1 Å². The van der Waals surface area contributed by atoms with Gasteiger partial charge in [-0.1, -0.05) is 12.1 Å². The minimum atomic E-state index is -0.129. The van der Waals surface area contributed by atoms with Crippen molar-refractivity contribution >= 4 is 11.7 Å². The smallest absolute Gasteiger partial charge is 0.321 e. The highest BCUT2D eigenvalue weighted by atomic mass is 16.2. The summed E-state index contributed by atoms with van der Waals surface area (Å²) in [6.07, 6.45) is 1.91. The molecule has 140 valence electrons. The van der Waals surface area contributed by atoms with E-state index in [2.05, 4.69) is 35.9 Å². The molecule has 0 bridgehead atoms. The summed E-state index contributed by atoms with van der Waals surface area (Å²) < 4.78 is 0. The summed E-state index contributed by atoms with van der Waals surface area (Å²) >= 11 is 0. The molecule has 10 heteroatoms. The largest absolute Gasteiger partial charge is 0.324 e. The number of hydrogen-bond acceptors (Lipinski definition) is 6. The molecule has 1 aliphatic rings. The first-order valence-electron chi connectivity index (χ1n) is 8.88. The van der Waals surface area contributed by atoms with E-state index >= 15 is 0 Å². The Morgan fingerprint density at radius 3 is 3.00 bits per heavy atom. The van der Waals surface area contributed by atoms with E-state index in [0.717, 1.165) is 36.6 Å². The van der Waals surface area contributed by atoms with Crippen LogP contribution < -0.4 is 5.32 Å². The second-order valence-electron chi connectivity index (χ2n) is 6.68. The molecule has 4 rings (SSSR count). The highest BCUT2D eigenvalue weighted by Crippen LogP contribution is 2.25. The van der Waals surface area contributed by atoms with Crippen LogP contribution in [0, 0.1) is 6.92 Å². The van der Waals surface area contributed by atoms with E-state index in [4.69, 9.17) is 0 Å². The van der Waals surface area contributed by atoms with Crippen molar-refractivity contribution in [3.8, 4) is 11.4 Å². The molecule has 0 saturated carbocycles. The SMILES string of the molecule is Cc1nc([C@@H]2CCCN(C(=O)Nc3cccc(-c4nnn(C)n4)c3)C2)n[nH]1. The third-order valence-corrected chi connectivity index (χ3v) is 4.57. The fourth-order valence-corrected chi connectivity index (χ4v) is 3.25. The number of piperidine rings is 1. The van der Waals surface area contributed by atoms with Gasteiger partial charge in [-0.15, -0.1) is 10.2 Å². The molecule has 1 atom stereocenters. The number of anilines is 1. The summed E-state index contributed by atoms with van der Waals surface area (Å²) in [7, 11) is 1.71. The van der Waals surface area contributed by atoms with Crippen LogP contribution >= 0.6 is 0 Å². The van der Waals surface area contributed by atoms with Gasteiger partial charge in [-0.2, -0.15) is 9.90 Å². The van der Waals surface area contributed by atoms with Crippen LogP contribution in [0.2, 0.25) is 0 Å². The summed E-state index contributed by atoms with van der Waals surface area (Å²) in [5.74, 6) is 2.25. The number of urea groups is 1. The van der Waals surface area contributed by atoms with Crippen LogP contribution in [0.15, 0.2) is 24.3 Å². The maximum absolute atomic E-state index is 12.7. The van der Waals surface area contributed by atoms with Crippen molar-refractivity contribution < 1.29 is 4.79 Å². The van der Waals surface area contributed by atoms with Crippen molar-refractivity contribution in [1.82, 2.24) is 40.3 Å². The van der Waals surface area contributed by atoms with Gasteiger partial charge in [0.2, 0.25) is 5.82 Å². The van der Waals surface area contributed by atoms with Crippen molar-refractivity contribution in [2.45, 2.75) is 25.7 Å². The number of carbonyl (C=O) groups is 1. The van der Waals surface area contributed by atoms with E-state index < -0.39 is 0 Å². The zero-order valence-electron chi connectivity index (χ0n) is 15.3. The van der Waals surface area contributed by atoms with Gasteiger partial charge < -0.3 is 10.2 Å². The molecule has 10 nitrogen and oxygen atoms in total. The number of carbonyl (C=O) groups excluding carboxylic acids is 1. The van der Waals surface area contributed by atoms with Gasteiger partial charge in [0.15, 0.2) is 5.82 Å². The Hall–Kier alpha value is -3.30. The summed E-state index contributed by atoms with van der Waals surface area (Å²) in [5.41, 5.74) is 1.49. The van der Waals surface area contributed by atoms with E-state index in [1.807, 2.05) is 36.1 Å². The number of likely N-dealkylation sites (tertiary alicyclic amines) is 1. The van der Waals surface area contributed by atoms with E-state index in [9.17, 15) is 4.79 Å². The quantitative estimate of drug-likeness (QED) is 0.728. The number of aromatic amines is 1. The molecule has 3 heterocycles. The second-order valence-corrected chi connectivity index (χ2v) is 6.68. The number of benzene rings is 1. The van der Waals surface area contributed by atoms with Gasteiger partial charge in [-0.25, -0.2) is 9.78 Å². The van der Waals surface area contributed by atoms with Gasteiger partial charge in [0.05, 0.1) is 7.05 Å². The van der Waals surface area contributed by atoms with Crippen molar-refractivity contribution in [3.05, 3.63) is 35.9 Å². The first-order chi connectivity index (χ1) is 13.1. The number of amides is 2. The van der Waals surface area contributed by atoms with Crippen LogP contribution in [-0.4, -0.2) is 59.4 Å². The van der Waals surface area contributed by atoms with Gasteiger partial charge >= 0.3 is 6.03 Å². The third kappa shape index (κ3) is 3.78. The predicted octanol–water partition coefficient (Wildman–Crippen LogP) is 1.72. The van der Waals surface area contributed by atoms with Gasteiger partial charge in [-0.3, -0.25) is 5.10 Å². The zero-order chi connectivity index (χ0) is 18.8. The number of rotatable bonds is 3. The average Bonchev–Trinajstić information content (AvgIpc) is 3.30. The minimum absolute atomic E-state index is 0.129. The van der Waals surface area contributed by atoms with Crippen LogP contribution in [0.25, 0.3) is 11.4 Å². The van der Waals surface area contributed by atoms with Gasteiger partial charge in [0, 0.05) is 30.3 Å². The van der Waals surface area contributed by atoms with E-state index in [1.54, 1.807) is 7.05 Å². The molecule has 3 aromatic rings. The summed E-state index contributed by atoms with van der Waals surface area (Å²) in [4.78, 5) is 20.3. The van der Waals surface area contributed by atoms with E-state index in [-0.39, 0.29) is 11.9 Å². The van der Waals surface area contributed by atoms with Crippen LogP contribution in [0.4, 0.5) is 10.5 Å². The molecule has 2 amide bonds. The number of aromatic nitrogens is 7. The Balaban J connectivity index is 1.44.